The minimum absolute atomic E-state index is 0.0597. The predicted octanol–water partition coefficient (Wildman–Crippen LogP) is 4.63. The van der Waals surface area contributed by atoms with Gasteiger partial charge in [-0.05, 0) is 38.8 Å². The highest BCUT2D eigenvalue weighted by atomic mass is 35.5. The summed E-state index contributed by atoms with van der Waals surface area (Å²) in [5.41, 5.74) is 0. The van der Waals surface area contributed by atoms with Crippen molar-refractivity contribution in [1.29, 1.82) is 0 Å². The molecule has 0 unspecified atom stereocenters. The fraction of sp³-hybridized carbons (Fsp3) is 0.550. The lowest BCUT2D eigenvalue weighted by Gasteiger charge is -2.22. The standard InChI is InChI=1S/C20H27ClN4O2S/c1-3-25-19(14(2)27-17-12-8-7-11-16(17)21)23-24-20(25)28-13-18(26)22-15-9-5-4-6-10-15/h7-8,11-12,14-15H,3-6,9-10,13H2,1-2H3,(H,22,26)/t14-/m0/s1. The molecule has 0 radical (unpaired) electrons. The molecule has 0 saturated heterocycles. The molecule has 0 spiro atoms. The maximum absolute atomic E-state index is 12.3. The van der Waals surface area contributed by atoms with Gasteiger partial charge < -0.3 is 14.6 Å². The van der Waals surface area contributed by atoms with E-state index in [2.05, 4.69) is 15.5 Å². The summed E-state index contributed by atoms with van der Waals surface area (Å²) < 4.78 is 7.96. The quantitative estimate of drug-likeness (QED) is 0.628. The molecule has 1 aliphatic carbocycles. The fourth-order valence-electron chi connectivity index (χ4n) is 3.43. The zero-order chi connectivity index (χ0) is 19.9. The summed E-state index contributed by atoms with van der Waals surface area (Å²) in [7, 11) is 0. The zero-order valence-electron chi connectivity index (χ0n) is 16.4. The number of nitrogens with one attached hydrogen (secondary N) is 1. The number of carbonyl (C=O) groups excluding carboxylic acids is 1. The number of hydrogen-bond acceptors (Lipinski definition) is 5. The van der Waals surface area contributed by atoms with E-state index in [1.807, 2.05) is 36.6 Å². The summed E-state index contributed by atoms with van der Waals surface area (Å²) in [6.45, 7) is 4.65. The molecule has 8 heteroatoms. The lowest BCUT2D eigenvalue weighted by atomic mass is 9.95. The van der Waals surface area contributed by atoms with Gasteiger partial charge in [0, 0.05) is 12.6 Å². The molecular weight excluding hydrogens is 396 g/mol. The molecule has 1 heterocycles. The second kappa shape index (κ2) is 10.2. The topological polar surface area (TPSA) is 69.0 Å². The van der Waals surface area contributed by atoms with Crippen LogP contribution >= 0.6 is 23.4 Å². The summed E-state index contributed by atoms with van der Waals surface area (Å²) in [4.78, 5) is 12.3. The Morgan fingerprint density at radius 3 is 2.79 bits per heavy atom. The van der Waals surface area contributed by atoms with E-state index in [9.17, 15) is 4.79 Å². The SMILES string of the molecule is CCn1c(SCC(=O)NC2CCCCC2)nnc1[C@H](C)Oc1ccccc1Cl. The number of halogens is 1. The van der Waals surface area contributed by atoms with E-state index < -0.39 is 0 Å². The van der Waals surface area contributed by atoms with Gasteiger partial charge in [-0.2, -0.15) is 0 Å². The minimum Gasteiger partial charge on any atom is -0.481 e. The molecule has 0 bridgehead atoms. The van der Waals surface area contributed by atoms with Crippen LogP contribution in [0.3, 0.4) is 0 Å². The van der Waals surface area contributed by atoms with Crippen molar-refractivity contribution in [3.8, 4) is 5.75 Å². The van der Waals surface area contributed by atoms with Gasteiger partial charge in [-0.25, -0.2) is 0 Å². The number of carbonyl (C=O) groups is 1. The number of hydrogen-bond donors (Lipinski definition) is 1. The van der Waals surface area contributed by atoms with E-state index in [0.29, 0.717) is 29.1 Å². The Morgan fingerprint density at radius 2 is 2.07 bits per heavy atom. The molecule has 1 amide bonds. The lowest BCUT2D eigenvalue weighted by Crippen LogP contribution is -2.37. The van der Waals surface area contributed by atoms with Gasteiger partial charge in [0.2, 0.25) is 5.91 Å². The van der Waals surface area contributed by atoms with Crippen LogP contribution < -0.4 is 10.1 Å². The van der Waals surface area contributed by atoms with Gasteiger partial charge in [-0.1, -0.05) is 54.8 Å². The number of rotatable bonds is 8. The van der Waals surface area contributed by atoms with Crippen molar-refractivity contribution in [2.75, 3.05) is 5.75 Å². The highest BCUT2D eigenvalue weighted by Crippen LogP contribution is 2.29. The van der Waals surface area contributed by atoms with Crippen LogP contribution in [-0.4, -0.2) is 32.5 Å². The Hall–Kier alpha value is -1.73. The van der Waals surface area contributed by atoms with Crippen molar-refractivity contribution in [1.82, 2.24) is 20.1 Å². The zero-order valence-corrected chi connectivity index (χ0v) is 17.9. The van der Waals surface area contributed by atoms with E-state index in [1.165, 1.54) is 31.0 Å². The molecule has 1 aromatic carbocycles. The maximum Gasteiger partial charge on any atom is 0.230 e. The van der Waals surface area contributed by atoms with Crippen molar-refractivity contribution < 1.29 is 9.53 Å². The first kappa shape index (κ1) is 21.0. The van der Waals surface area contributed by atoms with Crippen molar-refractivity contribution in [3.63, 3.8) is 0 Å². The Morgan fingerprint density at radius 1 is 1.32 bits per heavy atom. The molecule has 0 aliphatic heterocycles. The van der Waals surface area contributed by atoms with Crippen molar-refractivity contribution in [2.45, 2.75) is 69.8 Å². The predicted molar refractivity (Wildman–Crippen MR) is 112 cm³/mol. The molecule has 1 aromatic heterocycles. The molecule has 1 N–H and O–H groups in total. The Bertz CT molecular complexity index is 792. The third-order valence-electron chi connectivity index (χ3n) is 4.87. The Kier molecular flexibility index (Phi) is 7.62. The number of ether oxygens (including phenoxy) is 1. The summed E-state index contributed by atoms with van der Waals surface area (Å²) in [6, 6.07) is 7.69. The fourth-order valence-corrected chi connectivity index (χ4v) is 4.44. The summed E-state index contributed by atoms with van der Waals surface area (Å²) in [6.07, 6.45) is 5.55. The van der Waals surface area contributed by atoms with Crippen LogP contribution in [0.2, 0.25) is 5.02 Å². The molecule has 6 nitrogen and oxygen atoms in total. The first-order chi connectivity index (χ1) is 13.6. The van der Waals surface area contributed by atoms with E-state index in [0.717, 1.165) is 23.8 Å². The first-order valence-corrected chi connectivity index (χ1v) is 11.2. The van der Waals surface area contributed by atoms with Crippen LogP contribution in [0.25, 0.3) is 0 Å². The summed E-state index contributed by atoms with van der Waals surface area (Å²) >= 11 is 7.59. The number of aromatic nitrogens is 3. The van der Waals surface area contributed by atoms with Crippen molar-refractivity contribution in [2.24, 2.45) is 0 Å². The average molecular weight is 423 g/mol. The maximum atomic E-state index is 12.3. The number of benzene rings is 1. The van der Waals surface area contributed by atoms with Gasteiger partial charge in [0.15, 0.2) is 17.1 Å². The van der Waals surface area contributed by atoms with Gasteiger partial charge in [0.05, 0.1) is 10.8 Å². The molecule has 1 atom stereocenters. The molecule has 1 aliphatic rings. The van der Waals surface area contributed by atoms with E-state index in [4.69, 9.17) is 16.3 Å². The second-order valence-electron chi connectivity index (χ2n) is 6.97. The van der Waals surface area contributed by atoms with Crippen LogP contribution in [0.1, 0.15) is 57.9 Å². The van der Waals surface area contributed by atoms with Gasteiger partial charge in [0.25, 0.3) is 0 Å². The van der Waals surface area contributed by atoms with E-state index in [-0.39, 0.29) is 12.0 Å². The van der Waals surface area contributed by atoms with E-state index in [1.54, 1.807) is 6.07 Å². The highest BCUT2D eigenvalue weighted by molar-refractivity contribution is 7.99. The van der Waals surface area contributed by atoms with Crippen molar-refractivity contribution >= 4 is 29.3 Å². The largest absolute Gasteiger partial charge is 0.481 e. The van der Waals surface area contributed by atoms with E-state index >= 15 is 0 Å². The van der Waals surface area contributed by atoms with Crippen LogP contribution in [0, 0.1) is 0 Å². The lowest BCUT2D eigenvalue weighted by molar-refractivity contribution is -0.119. The second-order valence-corrected chi connectivity index (χ2v) is 8.32. The minimum atomic E-state index is -0.308. The number of nitrogens with zero attached hydrogens (tertiary/aromatic N) is 3. The van der Waals surface area contributed by atoms with Gasteiger partial charge in [-0.3, -0.25) is 4.79 Å². The monoisotopic (exact) mass is 422 g/mol. The molecule has 1 fully saturated rings. The highest BCUT2D eigenvalue weighted by Gasteiger charge is 2.21. The Labute approximate surface area is 175 Å². The first-order valence-electron chi connectivity index (χ1n) is 9.85. The Balaban J connectivity index is 1.59. The van der Waals surface area contributed by atoms with Crippen LogP contribution in [0.5, 0.6) is 5.75 Å². The van der Waals surface area contributed by atoms with Crippen molar-refractivity contribution in [3.05, 3.63) is 35.1 Å². The molecule has 28 heavy (non-hydrogen) atoms. The summed E-state index contributed by atoms with van der Waals surface area (Å²) in [5, 5.41) is 13.0. The number of para-hydroxylation sites is 1. The third-order valence-corrected chi connectivity index (χ3v) is 6.15. The molecule has 3 rings (SSSR count). The number of thioether (sulfide) groups is 1. The summed E-state index contributed by atoms with van der Waals surface area (Å²) in [5.74, 6) is 1.74. The average Bonchev–Trinajstić information content (AvgIpc) is 3.12. The van der Waals surface area contributed by atoms with Gasteiger partial charge in [0.1, 0.15) is 5.75 Å². The molecular formula is C20H27ClN4O2S. The smallest absolute Gasteiger partial charge is 0.230 e. The number of amides is 1. The molecule has 152 valence electrons. The van der Waals surface area contributed by atoms with Crippen LogP contribution in [-0.2, 0) is 11.3 Å². The molecule has 1 saturated carbocycles. The van der Waals surface area contributed by atoms with Crippen LogP contribution in [0.15, 0.2) is 29.4 Å². The third kappa shape index (κ3) is 5.41. The van der Waals surface area contributed by atoms with Gasteiger partial charge in [-0.15, -0.1) is 10.2 Å². The van der Waals surface area contributed by atoms with Crippen LogP contribution in [0.4, 0.5) is 0 Å². The van der Waals surface area contributed by atoms with Gasteiger partial charge >= 0.3 is 0 Å². The normalized spacial score (nSPS) is 16.0. The molecule has 2 aromatic rings.